The number of amides is 1. The van der Waals surface area contributed by atoms with E-state index in [1.807, 2.05) is 0 Å². The fourth-order valence-electron chi connectivity index (χ4n) is 5.29. The molecule has 0 aromatic carbocycles. The second-order valence-electron chi connectivity index (χ2n) is 9.58. The van der Waals surface area contributed by atoms with E-state index in [4.69, 9.17) is 4.98 Å². The molecule has 1 atom stereocenters. The summed E-state index contributed by atoms with van der Waals surface area (Å²) in [6.45, 7) is 8.65. The van der Waals surface area contributed by atoms with Crippen molar-refractivity contribution in [2.24, 2.45) is 5.92 Å². The first-order valence-electron chi connectivity index (χ1n) is 12.3. The van der Waals surface area contributed by atoms with E-state index in [1.54, 1.807) is 6.33 Å². The molecule has 1 amide bonds. The van der Waals surface area contributed by atoms with Crippen LogP contribution in [0, 0.1) is 5.92 Å². The first kappa shape index (κ1) is 21.6. The van der Waals surface area contributed by atoms with E-state index in [0.29, 0.717) is 6.54 Å². The average molecular weight is 441 g/mol. The number of likely N-dealkylation sites (N-methyl/N-ethyl adjacent to an activating group) is 1. The fourth-order valence-corrected chi connectivity index (χ4v) is 5.29. The number of aromatic nitrogens is 4. The summed E-state index contributed by atoms with van der Waals surface area (Å²) in [4.78, 5) is 34.1. The number of nitrogens with zero attached hydrogens (tertiary/aromatic N) is 7. The van der Waals surface area contributed by atoms with Crippen LogP contribution in [0.1, 0.15) is 37.9 Å². The first-order valence-corrected chi connectivity index (χ1v) is 12.3. The molecule has 2 aromatic rings. The van der Waals surface area contributed by atoms with Gasteiger partial charge in [0.15, 0.2) is 17.0 Å². The number of carbonyl (C=O) groups excluding carboxylic acids is 1. The van der Waals surface area contributed by atoms with Crippen LogP contribution in [-0.4, -0.2) is 94.6 Å². The molecule has 32 heavy (non-hydrogen) atoms. The Morgan fingerprint density at radius 3 is 2.81 bits per heavy atom. The molecule has 1 N–H and O–H groups in total. The molecule has 0 aliphatic carbocycles. The van der Waals surface area contributed by atoms with Crippen molar-refractivity contribution in [2.75, 3.05) is 64.3 Å². The zero-order valence-electron chi connectivity index (χ0n) is 19.3. The van der Waals surface area contributed by atoms with E-state index in [2.05, 4.69) is 41.6 Å². The Bertz CT molecular complexity index is 935. The van der Waals surface area contributed by atoms with Gasteiger partial charge in [-0.25, -0.2) is 15.0 Å². The summed E-state index contributed by atoms with van der Waals surface area (Å²) >= 11 is 0. The monoisotopic (exact) mass is 440 g/mol. The molecule has 5 heterocycles. The summed E-state index contributed by atoms with van der Waals surface area (Å²) in [5.41, 5.74) is 1.85. The number of rotatable bonds is 5. The van der Waals surface area contributed by atoms with Crippen molar-refractivity contribution in [1.29, 1.82) is 0 Å². The maximum atomic E-state index is 12.9. The molecule has 9 heteroatoms. The third-order valence-electron chi connectivity index (χ3n) is 7.29. The summed E-state index contributed by atoms with van der Waals surface area (Å²) in [5.74, 6) is 2.21. The second-order valence-corrected chi connectivity index (χ2v) is 9.58. The highest BCUT2D eigenvalue weighted by molar-refractivity contribution is 5.85. The third kappa shape index (κ3) is 4.59. The van der Waals surface area contributed by atoms with Gasteiger partial charge in [0.05, 0.1) is 5.92 Å². The predicted octanol–water partition coefficient (Wildman–Crippen LogP) is 1.13. The van der Waals surface area contributed by atoms with E-state index in [1.165, 1.54) is 19.3 Å². The molecular formula is C23H36N8O. The Labute approximate surface area is 190 Å². The van der Waals surface area contributed by atoms with E-state index in [-0.39, 0.29) is 11.8 Å². The van der Waals surface area contributed by atoms with E-state index < -0.39 is 0 Å². The number of piperazine rings is 1. The van der Waals surface area contributed by atoms with Crippen LogP contribution in [0.15, 0.2) is 6.33 Å². The minimum Gasteiger partial charge on any atom is -0.355 e. The molecule has 5 rings (SSSR count). The van der Waals surface area contributed by atoms with Crippen molar-refractivity contribution < 1.29 is 4.79 Å². The quantitative estimate of drug-likeness (QED) is 0.746. The molecule has 9 nitrogen and oxygen atoms in total. The van der Waals surface area contributed by atoms with Crippen LogP contribution < -0.4 is 10.2 Å². The molecule has 2 fully saturated rings. The topological polar surface area (TPSA) is 82.4 Å². The lowest BCUT2D eigenvalue weighted by Gasteiger charge is -2.34. The highest BCUT2D eigenvalue weighted by Crippen LogP contribution is 2.29. The SMILES string of the molecule is CN1CCN(CCNC(=O)[C@@H]2CCCN(c3ncnc4c3nc3n4CCCCC3)C2)CC1. The van der Waals surface area contributed by atoms with Crippen molar-refractivity contribution >= 4 is 22.9 Å². The van der Waals surface area contributed by atoms with Crippen molar-refractivity contribution in [3.63, 3.8) is 0 Å². The number of aryl methyl sites for hydroxylation is 2. The van der Waals surface area contributed by atoms with Gasteiger partial charge in [-0.2, -0.15) is 0 Å². The number of piperidine rings is 1. The number of hydrogen-bond acceptors (Lipinski definition) is 7. The molecule has 0 radical (unpaired) electrons. The minimum absolute atomic E-state index is 0.00157. The van der Waals surface area contributed by atoms with Gasteiger partial charge in [-0.15, -0.1) is 0 Å². The third-order valence-corrected chi connectivity index (χ3v) is 7.29. The highest BCUT2D eigenvalue weighted by atomic mass is 16.1. The van der Waals surface area contributed by atoms with Gasteiger partial charge in [-0.1, -0.05) is 6.42 Å². The van der Waals surface area contributed by atoms with E-state index in [9.17, 15) is 4.79 Å². The number of carbonyl (C=O) groups is 1. The number of nitrogens with one attached hydrogen (secondary N) is 1. The molecule has 3 aliphatic rings. The van der Waals surface area contributed by atoms with Gasteiger partial charge < -0.3 is 19.7 Å². The number of anilines is 1. The molecule has 0 saturated carbocycles. The highest BCUT2D eigenvalue weighted by Gasteiger charge is 2.29. The van der Waals surface area contributed by atoms with Crippen LogP contribution >= 0.6 is 0 Å². The van der Waals surface area contributed by atoms with Crippen molar-refractivity contribution in [3.8, 4) is 0 Å². The Kier molecular flexibility index (Phi) is 6.54. The van der Waals surface area contributed by atoms with Crippen LogP contribution in [0.2, 0.25) is 0 Å². The van der Waals surface area contributed by atoms with Crippen LogP contribution in [0.3, 0.4) is 0 Å². The molecule has 2 saturated heterocycles. The van der Waals surface area contributed by atoms with Gasteiger partial charge in [-0.3, -0.25) is 9.69 Å². The second kappa shape index (κ2) is 9.70. The van der Waals surface area contributed by atoms with Crippen LogP contribution in [0.5, 0.6) is 0 Å². The number of hydrogen-bond donors (Lipinski definition) is 1. The maximum absolute atomic E-state index is 12.9. The Morgan fingerprint density at radius 2 is 1.94 bits per heavy atom. The van der Waals surface area contributed by atoms with Crippen LogP contribution in [0.4, 0.5) is 5.82 Å². The molecular weight excluding hydrogens is 404 g/mol. The maximum Gasteiger partial charge on any atom is 0.224 e. The Morgan fingerprint density at radius 1 is 1.06 bits per heavy atom. The minimum atomic E-state index is 0.00157. The van der Waals surface area contributed by atoms with Crippen molar-refractivity contribution in [1.82, 2.24) is 34.6 Å². The smallest absolute Gasteiger partial charge is 0.224 e. The standard InChI is InChI=1S/C23H36N8O/c1-28-12-14-29(15-13-28)11-8-24-23(32)18-6-5-9-30(16-18)21-20-22(26-17-25-21)31-10-4-2-3-7-19(31)27-20/h17-18H,2-16H2,1H3,(H,24,32)/t18-/m1/s1. The number of fused-ring (bicyclic) bond motifs is 3. The zero-order valence-corrected chi connectivity index (χ0v) is 19.3. The van der Waals surface area contributed by atoms with Gasteiger partial charge in [0.1, 0.15) is 12.2 Å². The number of imidazole rings is 1. The average Bonchev–Trinajstić information content (AvgIpc) is 3.01. The summed E-state index contributed by atoms with van der Waals surface area (Å²) in [6.07, 6.45) is 8.22. The Hall–Kier alpha value is -2.26. The normalized spacial score (nSPS) is 23.2. The molecule has 2 aromatic heterocycles. The predicted molar refractivity (Wildman–Crippen MR) is 125 cm³/mol. The molecule has 174 valence electrons. The first-order chi connectivity index (χ1) is 15.7. The zero-order chi connectivity index (χ0) is 21.9. The lowest BCUT2D eigenvalue weighted by Crippen LogP contribution is -2.48. The summed E-state index contributed by atoms with van der Waals surface area (Å²) in [7, 11) is 2.17. The largest absolute Gasteiger partial charge is 0.355 e. The fraction of sp³-hybridized carbons (Fsp3) is 0.739. The van der Waals surface area contributed by atoms with Crippen molar-refractivity contribution in [3.05, 3.63) is 12.2 Å². The van der Waals surface area contributed by atoms with E-state index in [0.717, 1.165) is 94.4 Å². The van der Waals surface area contributed by atoms with Gasteiger partial charge in [0.2, 0.25) is 5.91 Å². The van der Waals surface area contributed by atoms with Crippen LogP contribution in [0.25, 0.3) is 11.2 Å². The van der Waals surface area contributed by atoms with Crippen molar-refractivity contribution in [2.45, 2.75) is 45.1 Å². The molecule has 0 bridgehead atoms. The summed E-state index contributed by atoms with van der Waals surface area (Å²) in [6, 6.07) is 0. The molecule has 0 spiro atoms. The van der Waals surface area contributed by atoms with Gasteiger partial charge in [0.25, 0.3) is 0 Å². The Balaban J connectivity index is 1.22. The lowest BCUT2D eigenvalue weighted by molar-refractivity contribution is -0.125. The molecule has 0 unspecified atom stereocenters. The van der Waals surface area contributed by atoms with Gasteiger partial charge in [0, 0.05) is 65.3 Å². The van der Waals surface area contributed by atoms with Gasteiger partial charge in [-0.05, 0) is 32.7 Å². The van der Waals surface area contributed by atoms with E-state index >= 15 is 0 Å². The summed E-state index contributed by atoms with van der Waals surface area (Å²) in [5, 5.41) is 3.19. The molecule has 3 aliphatic heterocycles. The lowest BCUT2D eigenvalue weighted by atomic mass is 9.97. The van der Waals surface area contributed by atoms with Gasteiger partial charge >= 0.3 is 0 Å². The van der Waals surface area contributed by atoms with Crippen LogP contribution in [-0.2, 0) is 17.8 Å². The summed E-state index contributed by atoms with van der Waals surface area (Å²) < 4.78 is 2.28.